The lowest BCUT2D eigenvalue weighted by Crippen LogP contribution is -2.39. The Kier molecular flexibility index (Phi) is 5.41. The summed E-state index contributed by atoms with van der Waals surface area (Å²) >= 11 is 0.910. The van der Waals surface area contributed by atoms with Crippen molar-refractivity contribution in [2.24, 2.45) is 0 Å². The predicted octanol–water partition coefficient (Wildman–Crippen LogP) is 4.70. The molecule has 0 spiro atoms. The van der Waals surface area contributed by atoms with Gasteiger partial charge in [0, 0.05) is 49.9 Å². The third-order valence-corrected chi connectivity index (χ3v) is 6.94. The van der Waals surface area contributed by atoms with E-state index in [-0.39, 0.29) is 22.5 Å². The number of aryl methyl sites for hydroxylation is 1. The molecule has 6 nitrogen and oxygen atoms in total. The van der Waals surface area contributed by atoms with E-state index in [4.69, 9.17) is 0 Å². The first-order chi connectivity index (χ1) is 15.0. The first-order valence-corrected chi connectivity index (χ1v) is 11.3. The van der Waals surface area contributed by atoms with Gasteiger partial charge in [-0.2, -0.15) is 0 Å². The van der Waals surface area contributed by atoms with Gasteiger partial charge in [-0.25, -0.2) is 0 Å². The van der Waals surface area contributed by atoms with Crippen LogP contribution in [0.5, 0.6) is 0 Å². The molecule has 0 aromatic heterocycles. The van der Waals surface area contributed by atoms with Crippen molar-refractivity contribution in [3.05, 3.63) is 51.9 Å². The Morgan fingerprint density at radius 3 is 2.44 bits per heavy atom. The summed E-state index contributed by atoms with van der Waals surface area (Å²) in [5.41, 5.74) is 6.89. The number of fused-ring (bicyclic) bond motifs is 1. The molecule has 2 heterocycles. The minimum absolute atomic E-state index is 0.109. The number of nitrogens with one attached hydrogen (secondary N) is 1. The number of hydrogen-bond acceptors (Lipinski definition) is 5. The van der Waals surface area contributed by atoms with Crippen molar-refractivity contribution in [3.63, 3.8) is 0 Å². The Balaban J connectivity index is 1.89. The molecule has 1 N–H and O–H groups in total. The van der Waals surface area contributed by atoms with E-state index in [1.54, 1.807) is 11.0 Å². The summed E-state index contributed by atoms with van der Waals surface area (Å²) in [6.45, 7) is 6.31. The van der Waals surface area contributed by atoms with Crippen molar-refractivity contribution in [2.75, 3.05) is 30.9 Å². The first kappa shape index (κ1) is 22.1. The molecule has 166 valence electrons. The molecule has 2 aliphatic rings. The summed E-state index contributed by atoms with van der Waals surface area (Å²) in [6, 6.07) is 10.3. The van der Waals surface area contributed by atoms with Gasteiger partial charge in [-0.1, -0.05) is 26.0 Å². The zero-order valence-electron chi connectivity index (χ0n) is 19.2. The number of carbonyl (C=O) groups excluding carboxylic acids is 3. The molecule has 1 fully saturated rings. The fraction of sp³-hybridized carbons (Fsp3) is 0.320. The summed E-state index contributed by atoms with van der Waals surface area (Å²) in [5.74, 6) is -0.261. The second kappa shape index (κ2) is 7.81. The maximum absolute atomic E-state index is 12.6. The lowest BCUT2D eigenvalue weighted by atomic mass is 9.76. The van der Waals surface area contributed by atoms with E-state index in [9.17, 15) is 14.4 Å². The van der Waals surface area contributed by atoms with Crippen LogP contribution in [0.2, 0.25) is 0 Å². The molecule has 0 radical (unpaired) electrons. The van der Waals surface area contributed by atoms with Crippen molar-refractivity contribution in [1.82, 2.24) is 5.32 Å². The summed E-state index contributed by atoms with van der Waals surface area (Å²) in [4.78, 5) is 40.3. The highest BCUT2D eigenvalue weighted by molar-refractivity contribution is 8.18. The SMILES string of the molecule is Cc1cc2c(cc1-c1cc(/C=C3\SC(=O)NC3=O)ccc1N(C)C)N(C)C(=O)CC2(C)C. The zero-order valence-corrected chi connectivity index (χ0v) is 20.0. The number of benzene rings is 2. The summed E-state index contributed by atoms with van der Waals surface area (Å²) in [6.07, 6.45) is 2.22. The number of rotatable bonds is 3. The smallest absolute Gasteiger partial charge is 0.290 e. The van der Waals surface area contributed by atoms with E-state index >= 15 is 0 Å². The van der Waals surface area contributed by atoms with Gasteiger partial charge in [0.25, 0.3) is 11.1 Å². The number of amides is 3. The van der Waals surface area contributed by atoms with Crippen molar-refractivity contribution in [1.29, 1.82) is 0 Å². The number of hydrogen-bond donors (Lipinski definition) is 1. The standard InChI is InChI=1S/C25H27N3O3S/c1-14-9-18-20(28(6)22(29)13-25(18,2)3)12-16(14)17-10-15(7-8-19(17)27(4)5)11-21-23(30)26-24(31)32-21/h7-12H,13H2,1-6H3,(H,26,30,31)/b21-11-. The number of nitrogens with zero attached hydrogens (tertiary/aromatic N) is 2. The van der Waals surface area contributed by atoms with E-state index in [0.717, 1.165) is 45.4 Å². The third-order valence-electron chi connectivity index (χ3n) is 6.13. The van der Waals surface area contributed by atoms with Crippen LogP contribution in [-0.4, -0.2) is 38.2 Å². The Bertz CT molecular complexity index is 1200. The van der Waals surface area contributed by atoms with Crippen LogP contribution in [0.1, 0.15) is 37.0 Å². The average molecular weight is 450 g/mol. The van der Waals surface area contributed by atoms with E-state index in [0.29, 0.717) is 11.3 Å². The summed E-state index contributed by atoms with van der Waals surface area (Å²) in [7, 11) is 5.81. The van der Waals surface area contributed by atoms with Crippen LogP contribution in [0.3, 0.4) is 0 Å². The van der Waals surface area contributed by atoms with E-state index in [1.807, 2.05) is 44.2 Å². The van der Waals surface area contributed by atoms with Gasteiger partial charge in [0.2, 0.25) is 5.91 Å². The van der Waals surface area contributed by atoms with Crippen LogP contribution in [-0.2, 0) is 15.0 Å². The topological polar surface area (TPSA) is 69.7 Å². The van der Waals surface area contributed by atoms with Crippen molar-refractivity contribution >= 4 is 46.3 Å². The van der Waals surface area contributed by atoms with Gasteiger partial charge >= 0.3 is 0 Å². The van der Waals surface area contributed by atoms with E-state index in [1.165, 1.54) is 5.56 Å². The van der Waals surface area contributed by atoms with Crippen molar-refractivity contribution in [3.8, 4) is 11.1 Å². The van der Waals surface area contributed by atoms with Crippen LogP contribution in [0.15, 0.2) is 35.2 Å². The highest BCUT2D eigenvalue weighted by atomic mass is 32.2. The molecule has 32 heavy (non-hydrogen) atoms. The van der Waals surface area contributed by atoms with Crippen LogP contribution in [0.4, 0.5) is 16.2 Å². The molecule has 0 bridgehead atoms. The van der Waals surface area contributed by atoms with E-state index < -0.39 is 0 Å². The van der Waals surface area contributed by atoms with Crippen LogP contribution < -0.4 is 15.1 Å². The molecule has 0 saturated carbocycles. The van der Waals surface area contributed by atoms with Gasteiger partial charge < -0.3 is 9.80 Å². The molecule has 0 atom stereocenters. The zero-order chi connectivity index (χ0) is 23.4. The molecular weight excluding hydrogens is 422 g/mol. The molecule has 7 heteroatoms. The maximum Gasteiger partial charge on any atom is 0.290 e. The molecule has 0 aliphatic carbocycles. The second-order valence-electron chi connectivity index (χ2n) is 9.22. The van der Waals surface area contributed by atoms with Gasteiger partial charge in [-0.15, -0.1) is 0 Å². The average Bonchev–Trinajstić information content (AvgIpc) is 3.02. The summed E-state index contributed by atoms with van der Waals surface area (Å²) in [5, 5.41) is 1.94. The third kappa shape index (κ3) is 3.81. The van der Waals surface area contributed by atoms with Crippen LogP contribution in [0.25, 0.3) is 17.2 Å². The molecule has 2 aliphatic heterocycles. The number of carbonyl (C=O) groups is 3. The molecule has 3 amide bonds. The van der Waals surface area contributed by atoms with Crippen LogP contribution >= 0.6 is 11.8 Å². The normalized spacial score (nSPS) is 18.8. The minimum atomic E-state index is -0.370. The van der Waals surface area contributed by atoms with Crippen molar-refractivity contribution < 1.29 is 14.4 Å². The fourth-order valence-electron chi connectivity index (χ4n) is 4.35. The molecule has 2 aromatic carbocycles. The monoisotopic (exact) mass is 449 g/mol. The second-order valence-corrected chi connectivity index (χ2v) is 10.2. The first-order valence-electron chi connectivity index (χ1n) is 10.5. The van der Waals surface area contributed by atoms with Gasteiger partial charge in [0.1, 0.15) is 0 Å². The Labute approximate surface area is 192 Å². The highest BCUT2D eigenvalue weighted by Crippen LogP contribution is 2.44. The number of thioether (sulfide) groups is 1. The quantitative estimate of drug-likeness (QED) is 0.688. The molecule has 4 rings (SSSR count). The number of imide groups is 1. The van der Waals surface area contributed by atoms with Gasteiger partial charge in [0.05, 0.1) is 4.91 Å². The van der Waals surface area contributed by atoms with Gasteiger partial charge in [-0.05, 0) is 65.2 Å². The fourth-order valence-corrected chi connectivity index (χ4v) is 5.04. The lowest BCUT2D eigenvalue weighted by Gasteiger charge is -2.38. The lowest BCUT2D eigenvalue weighted by molar-refractivity contribution is -0.119. The van der Waals surface area contributed by atoms with Crippen molar-refractivity contribution in [2.45, 2.75) is 32.6 Å². The van der Waals surface area contributed by atoms with E-state index in [2.05, 4.69) is 38.2 Å². The molecule has 1 saturated heterocycles. The molecular formula is C25H27N3O3S. The van der Waals surface area contributed by atoms with Crippen LogP contribution in [0, 0.1) is 6.92 Å². The summed E-state index contributed by atoms with van der Waals surface area (Å²) < 4.78 is 0. The van der Waals surface area contributed by atoms with Gasteiger partial charge in [0.15, 0.2) is 0 Å². The predicted molar refractivity (Wildman–Crippen MR) is 131 cm³/mol. The highest BCUT2D eigenvalue weighted by Gasteiger charge is 2.36. The minimum Gasteiger partial charge on any atom is -0.377 e. The molecule has 2 aromatic rings. The largest absolute Gasteiger partial charge is 0.377 e. The molecule has 0 unspecified atom stereocenters. The number of anilines is 2. The maximum atomic E-state index is 12.6. The Hall–Kier alpha value is -3.06. The van der Waals surface area contributed by atoms with Gasteiger partial charge in [-0.3, -0.25) is 19.7 Å². The Morgan fingerprint density at radius 1 is 1.09 bits per heavy atom. The Morgan fingerprint density at radius 2 is 1.81 bits per heavy atom.